The monoisotopic (exact) mass is 275 g/mol. The lowest BCUT2D eigenvalue weighted by molar-refractivity contribution is 0.625. The average Bonchev–Trinajstić information content (AvgIpc) is 2.70. The Kier molecular flexibility index (Phi) is 3.93. The van der Waals surface area contributed by atoms with Crippen molar-refractivity contribution >= 4 is 11.9 Å². The zero-order valence-electron chi connectivity index (χ0n) is 11.0. The minimum absolute atomic E-state index is 0.280. The van der Waals surface area contributed by atoms with Crippen LogP contribution in [-0.2, 0) is 7.05 Å². The zero-order valence-corrected chi connectivity index (χ0v) is 11.8. The van der Waals surface area contributed by atoms with Crippen LogP contribution < -0.4 is 0 Å². The molecule has 98 valence electrons. The van der Waals surface area contributed by atoms with E-state index in [2.05, 4.69) is 6.07 Å². The summed E-state index contributed by atoms with van der Waals surface area (Å²) in [4.78, 5) is 0.848. The van der Waals surface area contributed by atoms with E-state index < -0.39 is 0 Å². The summed E-state index contributed by atoms with van der Waals surface area (Å²) in [6, 6.07) is 10.7. The molecule has 0 bridgehead atoms. The maximum Gasteiger partial charge on any atom is 0.133 e. The summed E-state index contributed by atoms with van der Waals surface area (Å²) in [6.45, 7) is 0. The summed E-state index contributed by atoms with van der Waals surface area (Å²) in [5.41, 5.74) is 1.73. The van der Waals surface area contributed by atoms with Crippen LogP contribution in [0.5, 0.6) is 0 Å². The number of hydrogen-bond acceptors (Lipinski definition) is 3. The van der Waals surface area contributed by atoms with E-state index in [0.717, 1.165) is 4.90 Å². The first-order chi connectivity index (χ1) is 9.02. The molecule has 3 nitrogen and oxygen atoms in total. The molecule has 0 aliphatic rings. The summed E-state index contributed by atoms with van der Waals surface area (Å²) < 4.78 is 17.8. The molecule has 1 aromatic carbocycles. The highest BCUT2D eigenvalue weighted by molar-refractivity contribution is 7.97. The van der Waals surface area contributed by atoms with Gasteiger partial charge in [0.05, 0.1) is 5.69 Å². The van der Waals surface area contributed by atoms with E-state index in [1.807, 2.05) is 24.5 Å². The lowest BCUT2D eigenvalue weighted by Crippen LogP contribution is -2.00. The van der Waals surface area contributed by atoms with Gasteiger partial charge in [0.15, 0.2) is 0 Å². The van der Waals surface area contributed by atoms with Gasteiger partial charge in [0, 0.05) is 17.5 Å². The fourth-order valence-corrected chi connectivity index (χ4v) is 2.57. The Morgan fingerprint density at radius 1 is 1.26 bits per heavy atom. The fourth-order valence-electron chi connectivity index (χ4n) is 1.87. The Balaban J connectivity index is 2.41. The number of benzene rings is 1. The summed E-state index contributed by atoms with van der Waals surface area (Å²) in [5.74, 6) is -0.280. The van der Waals surface area contributed by atoms with E-state index in [1.54, 1.807) is 29.8 Å². The Morgan fingerprint density at radius 3 is 2.53 bits per heavy atom. The normalized spacial score (nSPS) is 10.7. The number of aromatic nitrogens is 1. The Morgan fingerprint density at radius 2 is 2.00 bits per heavy atom. The molecule has 0 aliphatic heterocycles. The molecule has 2 rings (SSSR count). The van der Waals surface area contributed by atoms with E-state index in [-0.39, 0.29) is 5.82 Å². The van der Waals surface area contributed by atoms with Crippen LogP contribution >= 0.6 is 11.9 Å². The van der Waals surface area contributed by atoms with Crippen molar-refractivity contribution < 1.29 is 4.39 Å². The van der Waals surface area contributed by atoms with Crippen molar-refractivity contribution in [1.82, 2.24) is 8.87 Å². The predicted molar refractivity (Wildman–Crippen MR) is 75.1 cm³/mol. The molecule has 5 heteroatoms. The molecule has 0 saturated heterocycles. The van der Waals surface area contributed by atoms with Gasteiger partial charge in [0.1, 0.15) is 17.6 Å². The fraction of sp³-hybridized carbons (Fsp3) is 0.214. The van der Waals surface area contributed by atoms with Crippen molar-refractivity contribution in [2.75, 3.05) is 14.1 Å². The number of halogens is 1. The Bertz CT molecular complexity index is 641. The van der Waals surface area contributed by atoms with Crippen molar-refractivity contribution in [2.45, 2.75) is 4.90 Å². The van der Waals surface area contributed by atoms with Crippen LogP contribution in [0.4, 0.5) is 4.39 Å². The molecule has 0 amide bonds. The van der Waals surface area contributed by atoms with Gasteiger partial charge in [0.2, 0.25) is 0 Å². The van der Waals surface area contributed by atoms with Gasteiger partial charge in [-0.15, -0.1) is 0 Å². The summed E-state index contributed by atoms with van der Waals surface area (Å²) >= 11 is 1.46. The van der Waals surface area contributed by atoms with Crippen LogP contribution in [0.15, 0.2) is 35.2 Å². The van der Waals surface area contributed by atoms with Crippen LogP contribution in [0.25, 0.3) is 11.3 Å². The maximum absolute atomic E-state index is 14.2. The highest BCUT2D eigenvalue weighted by Crippen LogP contribution is 2.28. The van der Waals surface area contributed by atoms with Crippen LogP contribution in [0, 0.1) is 17.1 Å². The first kappa shape index (κ1) is 13.7. The molecule has 0 saturated carbocycles. The van der Waals surface area contributed by atoms with Crippen LogP contribution in [0.2, 0.25) is 0 Å². The lowest BCUT2D eigenvalue weighted by Gasteiger charge is -2.10. The predicted octanol–water partition coefficient (Wildman–Crippen LogP) is 3.27. The molecule has 0 N–H and O–H groups in total. The topological polar surface area (TPSA) is 32.0 Å². The molecule has 0 aliphatic carbocycles. The number of rotatable bonds is 3. The minimum atomic E-state index is -0.280. The van der Waals surface area contributed by atoms with Crippen molar-refractivity contribution in [3.8, 4) is 17.3 Å². The SMILES string of the molecule is CN(C)Sc1ccc(-c2ccc(C#N)n2C)c(F)c1. The summed E-state index contributed by atoms with van der Waals surface area (Å²) in [5, 5.41) is 8.92. The molecule has 2 aromatic rings. The third-order valence-electron chi connectivity index (χ3n) is 2.74. The number of nitriles is 1. The minimum Gasteiger partial charge on any atom is -0.335 e. The number of nitrogens with zero attached hydrogens (tertiary/aromatic N) is 3. The molecule has 0 radical (unpaired) electrons. The molecule has 0 unspecified atom stereocenters. The number of hydrogen-bond donors (Lipinski definition) is 0. The van der Waals surface area contributed by atoms with Gasteiger partial charge >= 0.3 is 0 Å². The molecule has 19 heavy (non-hydrogen) atoms. The Hall–Kier alpha value is -1.77. The van der Waals surface area contributed by atoms with Gasteiger partial charge in [-0.25, -0.2) is 4.39 Å². The quantitative estimate of drug-likeness (QED) is 0.806. The van der Waals surface area contributed by atoms with Crippen LogP contribution in [-0.4, -0.2) is 23.0 Å². The second-order valence-corrected chi connectivity index (χ2v) is 5.70. The second-order valence-electron chi connectivity index (χ2n) is 4.32. The summed E-state index contributed by atoms with van der Waals surface area (Å²) in [6.07, 6.45) is 0. The molecular weight excluding hydrogens is 261 g/mol. The smallest absolute Gasteiger partial charge is 0.133 e. The molecule has 0 atom stereocenters. The highest BCUT2D eigenvalue weighted by Gasteiger charge is 2.12. The van der Waals surface area contributed by atoms with Gasteiger partial charge in [-0.1, -0.05) is 0 Å². The molecule has 1 heterocycles. The third-order valence-corrected chi connectivity index (χ3v) is 3.57. The van der Waals surface area contributed by atoms with Crippen LogP contribution in [0.3, 0.4) is 0 Å². The highest BCUT2D eigenvalue weighted by atomic mass is 32.2. The standard InChI is InChI=1S/C14H14FN3S/c1-17(2)19-11-5-6-12(13(15)8-11)14-7-4-10(9-16)18(14)3/h4-8H,1-3H3. The van der Waals surface area contributed by atoms with Crippen molar-refractivity contribution in [2.24, 2.45) is 7.05 Å². The Labute approximate surface area is 116 Å². The average molecular weight is 275 g/mol. The molecule has 0 spiro atoms. The lowest BCUT2D eigenvalue weighted by atomic mass is 10.1. The molecule has 0 fully saturated rings. The van der Waals surface area contributed by atoms with Crippen molar-refractivity contribution in [3.63, 3.8) is 0 Å². The van der Waals surface area contributed by atoms with Crippen molar-refractivity contribution in [1.29, 1.82) is 5.26 Å². The second kappa shape index (κ2) is 5.47. The van der Waals surface area contributed by atoms with Crippen molar-refractivity contribution in [3.05, 3.63) is 41.8 Å². The van der Waals surface area contributed by atoms with Crippen LogP contribution in [0.1, 0.15) is 5.69 Å². The molecular formula is C14H14FN3S. The van der Waals surface area contributed by atoms with E-state index in [4.69, 9.17) is 5.26 Å². The van der Waals surface area contributed by atoms with E-state index >= 15 is 0 Å². The van der Waals surface area contributed by atoms with Gasteiger partial charge < -0.3 is 4.57 Å². The van der Waals surface area contributed by atoms with Gasteiger partial charge in [-0.05, 0) is 56.4 Å². The first-order valence-corrected chi connectivity index (χ1v) is 6.51. The van der Waals surface area contributed by atoms with Gasteiger partial charge in [-0.3, -0.25) is 4.31 Å². The maximum atomic E-state index is 14.2. The van der Waals surface area contributed by atoms with E-state index in [1.165, 1.54) is 18.0 Å². The zero-order chi connectivity index (χ0) is 14.0. The first-order valence-electron chi connectivity index (χ1n) is 5.74. The third kappa shape index (κ3) is 2.80. The van der Waals surface area contributed by atoms with Gasteiger partial charge in [0.25, 0.3) is 0 Å². The largest absolute Gasteiger partial charge is 0.335 e. The van der Waals surface area contributed by atoms with E-state index in [0.29, 0.717) is 17.0 Å². The van der Waals surface area contributed by atoms with Gasteiger partial charge in [-0.2, -0.15) is 5.26 Å². The van der Waals surface area contributed by atoms with E-state index in [9.17, 15) is 4.39 Å². The summed E-state index contributed by atoms with van der Waals surface area (Å²) in [7, 11) is 5.58. The molecule has 1 aromatic heterocycles.